The van der Waals surface area contributed by atoms with Crippen LogP contribution >= 0.6 is 23.2 Å². The number of ether oxygens (including phenoxy) is 2. The maximum absolute atomic E-state index is 12.4. The van der Waals surface area contributed by atoms with Crippen molar-refractivity contribution in [1.29, 1.82) is 0 Å². The number of rotatable bonds is 7. The zero-order chi connectivity index (χ0) is 21.1. The van der Waals surface area contributed by atoms with E-state index in [-0.39, 0.29) is 12.3 Å². The molecule has 4 aromatic rings. The van der Waals surface area contributed by atoms with Crippen molar-refractivity contribution in [3.8, 4) is 11.5 Å². The normalized spacial score (nSPS) is 11.0. The summed E-state index contributed by atoms with van der Waals surface area (Å²) in [6, 6.07) is 16.5. The first kappa shape index (κ1) is 20.4. The van der Waals surface area contributed by atoms with Crippen LogP contribution in [0.3, 0.4) is 0 Å². The smallest absolute Gasteiger partial charge is 0.224 e. The summed E-state index contributed by atoms with van der Waals surface area (Å²) in [5, 5.41) is 5.82. The van der Waals surface area contributed by atoms with Crippen molar-refractivity contribution < 1.29 is 18.7 Å². The number of anilines is 1. The van der Waals surface area contributed by atoms with Crippen LogP contribution in [0, 0.1) is 0 Å². The van der Waals surface area contributed by atoms with Gasteiger partial charge < -0.3 is 19.2 Å². The average Bonchev–Trinajstić information content (AvgIpc) is 3.09. The number of carbonyl (C=O) groups is 1. The second-order valence-corrected chi connectivity index (χ2v) is 7.57. The molecule has 1 aromatic heterocycles. The standard InChI is InChI=1S/C23H19Cl2NO4/c1-28-22-12-16-15-5-2-3-6-19(15)30-21(16)13-18(22)26-23(27)7-4-10-29-20-9-8-14(24)11-17(20)25/h2-3,5-6,8-9,11-13H,4,7,10H2,1H3,(H,26,27). The zero-order valence-corrected chi connectivity index (χ0v) is 17.7. The van der Waals surface area contributed by atoms with E-state index in [0.717, 1.165) is 16.4 Å². The number of hydrogen-bond donors (Lipinski definition) is 1. The molecule has 154 valence electrons. The number of furan rings is 1. The van der Waals surface area contributed by atoms with Gasteiger partial charge in [-0.3, -0.25) is 4.79 Å². The van der Waals surface area contributed by atoms with Crippen LogP contribution in [-0.2, 0) is 4.79 Å². The molecule has 0 aliphatic heterocycles. The van der Waals surface area contributed by atoms with Crippen molar-refractivity contribution in [2.45, 2.75) is 12.8 Å². The van der Waals surface area contributed by atoms with Crippen molar-refractivity contribution >= 4 is 56.7 Å². The number of halogens is 2. The van der Waals surface area contributed by atoms with Crippen LogP contribution in [0.2, 0.25) is 10.0 Å². The Labute approximate surface area is 183 Å². The van der Waals surface area contributed by atoms with Crippen LogP contribution in [0.15, 0.2) is 59.0 Å². The molecule has 1 amide bonds. The second kappa shape index (κ2) is 8.86. The SMILES string of the molecule is COc1cc2c(cc1NC(=O)CCCOc1ccc(Cl)cc1Cl)oc1ccccc12. The van der Waals surface area contributed by atoms with Gasteiger partial charge in [0.1, 0.15) is 22.7 Å². The number of methoxy groups -OCH3 is 1. The van der Waals surface area contributed by atoms with Crippen molar-refractivity contribution in [2.24, 2.45) is 0 Å². The van der Waals surface area contributed by atoms with Gasteiger partial charge in [0, 0.05) is 28.3 Å². The Balaban J connectivity index is 1.40. The summed E-state index contributed by atoms with van der Waals surface area (Å²) < 4.78 is 17.0. The Hall–Kier alpha value is -2.89. The van der Waals surface area contributed by atoms with E-state index in [4.69, 9.17) is 37.1 Å². The van der Waals surface area contributed by atoms with E-state index in [1.54, 1.807) is 31.4 Å². The number of fused-ring (bicyclic) bond motifs is 3. The number of nitrogens with one attached hydrogen (secondary N) is 1. The Bertz CT molecular complexity index is 1220. The molecule has 0 saturated carbocycles. The van der Waals surface area contributed by atoms with Crippen LogP contribution < -0.4 is 14.8 Å². The van der Waals surface area contributed by atoms with E-state index in [1.165, 1.54) is 0 Å². The molecule has 0 unspecified atom stereocenters. The highest BCUT2D eigenvalue weighted by molar-refractivity contribution is 6.35. The molecule has 1 N–H and O–H groups in total. The first-order valence-corrected chi connectivity index (χ1v) is 10.2. The predicted octanol–water partition coefficient (Wildman–Crippen LogP) is 6.70. The van der Waals surface area contributed by atoms with Gasteiger partial charge in [-0.05, 0) is 36.8 Å². The molecule has 7 heteroatoms. The Morgan fingerprint density at radius 2 is 1.83 bits per heavy atom. The van der Waals surface area contributed by atoms with Crippen LogP contribution in [0.5, 0.6) is 11.5 Å². The maximum atomic E-state index is 12.4. The van der Waals surface area contributed by atoms with Gasteiger partial charge in [0.15, 0.2) is 0 Å². The molecule has 30 heavy (non-hydrogen) atoms. The third-order valence-electron chi connectivity index (χ3n) is 4.67. The van der Waals surface area contributed by atoms with Crippen LogP contribution in [0.25, 0.3) is 21.9 Å². The largest absolute Gasteiger partial charge is 0.495 e. The average molecular weight is 444 g/mol. The van der Waals surface area contributed by atoms with Gasteiger partial charge in [0.05, 0.1) is 24.4 Å². The lowest BCUT2D eigenvalue weighted by molar-refractivity contribution is -0.116. The molecule has 3 aromatic carbocycles. The van der Waals surface area contributed by atoms with Gasteiger partial charge in [0.2, 0.25) is 5.91 Å². The van der Waals surface area contributed by atoms with E-state index in [2.05, 4.69) is 5.32 Å². The van der Waals surface area contributed by atoms with Gasteiger partial charge in [-0.2, -0.15) is 0 Å². The van der Waals surface area contributed by atoms with E-state index in [0.29, 0.717) is 45.8 Å². The summed E-state index contributed by atoms with van der Waals surface area (Å²) in [6.07, 6.45) is 0.812. The first-order chi connectivity index (χ1) is 14.5. The van der Waals surface area contributed by atoms with Gasteiger partial charge >= 0.3 is 0 Å². The minimum Gasteiger partial charge on any atom is -0.495 e. The molecule has 0 fully saturated rings. The molecular formula is C23H19Cl2NO4. The third kappa shape index (κ3) is 4.32. The summed E-state index contributed by atoms with van der Waals surface area (Å²) in [5.41, 5.74) is 2.04. The van der Waals surface area contributed by atoms with E-state index in [9.17, 15) is 4.79 Å². The molecule has 1 heterocycles. The molecule has 0 saturated heterocycles. The van der Waals surface area contributed by atoms with E-state index in [1.807, 2.05) is 30.3 Å². The molecule has 0 aliphatic carbocycles. The van der Waals surface area contributed by atoms with Crippen molar-refractivity contribution in [3.63, 3.8) is 0 Å². The van der Waals surface area contributed by atoms with Crippen LogP contribution in [0.1, 0.15) is 12.8 Å². The van der Waals surface area contributed by atoms with Crippen molar-refractivity contribution in [2.75, 3.05) is 19.0 Å². The fourth-order valence-electron chi connectivity index (χ4n) is 3.24. The van der Waals surface area contributed by atoms with Crippen LogP contribution in [-0.4, -0.2) is 19.6 Å². The molecule has 0 atom stereocenters. The predicted molar refractivity (Wildman–Crippen MR) is 120 cm³/mol. The number of amides is 1. The summed E-state index contributed by atoms with van der Waals surface area (Å²) >= 11 is 11.9. The lowest BCUT2D eigenvalue weighted by atomic mass is 10.1. The minimum atomic E-state index is -0.144. The highest BCUT2D eigenvalue weighted by atomic mass is 35.5. The molecule has 0 bridgehead atoms. The lowest BCUT2D eigenvalue weighted by Crippen LogP contribution is -2.13. The van der Waals surface area contributed by atoms with Gasteiger partial charge in [-0.1, -0.05) is 41.4 Å². The molecule has 0 spiro atoms. The Morgan fingerprint density at radius 3 is 2.63 bits per heavy atom. The molecule has 4 rings (SSSR count). The fourth-order valence-corrected chi connectivity index (χ4v) is 3.70. The van der Waals surface area contributed by atoms with Crippen LogP contribution in [0.4, 0.5) is 5.69 Å². The molecule has 0 radical (unpaired) electrons. The Morgan fingerprint density at radius 1 is 1.00 bits per heavy atom. The second-order valence-electron chi connectivity index (χ2n) is 6.72. The molecule has 0 aliphatic rings. The number of carbonyl (C=O) groups excluding carboxylic acids is 1. The summed E-state index contributed by atoms with van der Waals surface area (Å²) in [4.78, 5) is 12.4. The van der Waals surface area contributed by atoms with Crippen molar-refractivity contribution in [3.05, 3.63) is 64.6 Å². The van der Waals surface area contributed by atoms with Gasteiger partial charge in [-0.25, -0.2) is 0 Å². The summed E-state index contributed by atoms with van der Waals surface area (Å²) in [6.45, 7) is 0.356. The van der Waals surface area contributed by atoms with Gasteiger partial charge in [-0.15, -0.1) is 0 Å². The molecular weight excluding hydrogens is 425 g/mol. The summed E-state index contributed by atoms with van der Waals surface area (Å²) in [5.74, 6) is 0.972. The third-order valence-corrected chi connectivity index (χ3v) is 5.20. The number of para-hydroxylation sites is 1. The Kier molecular flexibility index (Phi) is 6.02. The maximum Gasteiger partial charge on any atom is 0.224 e. The topological polar surface area (TPSA) is 60.7 Å². The monoisotopic (exact) mass is 443 g/mol. The zero-order valence-electron chi connectivity index (χ0n) is 16.2. The molecule has 5 nitrogen and oxygen atoms in total. The number of benzene rings is 3. The minimum absolute atomic E-state index is 0.144. The van der Waals surface area contributed by atoms with Gasteiger partial charge in [0.25, 0.3) is 0 Å². The lowest BCUT2D eigenvalue weighted by Gasteiger charge is -2.11. The fraction of sp³-hybridized carbons (Fsp3) is 0.174. The number of hydrogen-bond acceptors (Lipinski definition) is 4. The highest BCUT2D eigenvalue weighted by Gasteiger charge is 2.14. The quantitative estimate of drug-likeness (QED) is 0.322. The van der Waals surface area contributed by atoms with E-state index >= 15 is 0 Å². The van der Waals surface area contributed by atoms with Crippen molar-refractivity contribution in [1.82, 2.24) is 0 Å². The highest BCUT2D eigenvalue weighted by Crippen LogP contribution is 2.36. The van der Waals surface area contributed by atoms with E-state index < -0.39 is 0 Å². The first-order valence-electron chi connectivity index (χ1n) is 9.42. The summed E-state index contributed by atoms with van der Waals surface area (Å²) in [7, 11) is 1.57.